The van der Waals surface area contributed by atoms with Crippen molar-refractivity contribution in [1.29, 1.82) is 0 Å². The second-order valence-corrected chi connectivity index (χ2v) is 6.27. The zero-order valence-corrected chi connectivity index (χ0v) is 13.9. The highest BCUT2D eigenvalue weighted by atomic mass is 16.5. The first-order valence-electron chi connectivity index (χ1n) is 8.29. The van der Waals surface area contributed by atoms with Crippen LogP contribution in [-0.4, -0.2) is 27.7 Å². The summed E-state index contributed by atoms with van der Waals surface area (Å²) in [6, 6.07) is 15.3. The van der Waals surface area contributed by atoms with Gasteiger partial charge in [-0.05, 0) is 23.8 Å². The molecule has 25 heavy (non-hydrogen) atoms. The first-order chi connectivity index (χ1) is 12.1. The Balaban J connectivity index is 1.42. The van der Waals surface area contributed by atoms with Gasteiger partial charge in [0.2, 0.25) is 5.91 Å². The molecule has 0 spiro atoms. The number of carbonyl (C=O) groups excluding carboxylic acids is 1. The molecule has 1 aromatic heterocycles. The molecule has 1 N–H and O–H groups in total. The molecule has 0 saturated heterocycles. The molecule has 1 aliphatic heterocycles. The average molecular weight is 337 g/mol. The van der Waals surface area contributed by atoms with Gasteiger partial charge in [0.05, 0.1) is 17.6 Å². The molecular formula is C19H19N3O3. The van der Waals surface area contributed by atoms with E-state index in [0.29, 0.717) is 6.54 Å². The van der Waals surface area contributed by atoms with Crippen LogP contribution in [0, 0.1) is 0 Å². The van der Waals surface area contributed by atoms with Gasteiger partial charge in [0.25, 0.3) is 0 Å². The van der Waals surface area contributed by atoms with E-state index in [9.17, 15) is 9.59 Å². The Kier molecular flexibility index (Phi) is 3.80. The topological polar surface area (TPSA) is 65.3 Å². The van der Waals surface area contributed by atoms with Gasteiger partial charge in [0.1, 0.15) is 18.4 Å². The van der Waals surface area contributed by atoms with Crippen molar-refractivity contribution in [3.05, 3.63) is 64.6 Å². The van der Waals surface area contributed by atoms with Gasteiger partial charge in [-0.15, -0.1) is 0 Å². The van der Waals surface area contributed by atoms with Crippen molar-refractivity contribution in [1.82, 2.24) is 14.5 Å². The summed E-state index contributed by atoms with van der Waals surface area (Å²) in [5.41, 5.74) is 2.54. The summed E-state index contributed by atoms with van der Waals surface area (Å²) in [5, 5.41) is 2.88. The Labute approximate surface area is 144 Å². The van der Waals surface area contributed by atoms with E-state index in [1.54, 1.807) is 11.6 Å². The average Bonchev–Trinajstić information content (AvgIpc) is 3.15. The molecule has 0 saturated carbocycles. The van der Waals surface area contributed by atoms with E-state index in [1.807, 2.05) is 48.5 Å². The van der Waals surface area contributed by atoms with Crippen molar-refractivity contribution >= 4 is 16.9 Å². The number of ether oxygens (including phenoxy) is 1. The summed E-state index contributed by atoms with van der Waals surface area (Å²) in [5.74, 6) is 0.685. The third-order valence-electron chi connectivity index (χ3n) is 4.59. The number of hydrogen-bond donors (Lipinski definition) is 1. The highest BCUT2D eigenvalue weighted by Gasteiger charge is 2.23. The molecule has 2 heterocycles. The Bertz CT molecular complexity index is 978. The Hall–Kier alpha value is -3.02. The van der Waals surface area contributed by atoms with Crippen LogP contribution >= 0.6 is 0 Å². The lowest BCUT2D eigenvalue weighted by Gasteiger charge is -2.12. The Morgan fingerprint density at radius 1 is 1.16 bits per heavy atom. The molecule has 1 aliphatic rings. The van der Waals surface area contributed by atoms with Crippen molar-refractivity contribution < 1.29 is 9.53 Å². The standard InChI is InChI=1S/C19H19N3O3/c1-21-15-7-3-4-8-16(15)22(19(21)24)12-18(23)20-11-14-10-13-6-2-5-9-17(13)25-14/h2-9,14H,10-12H2,1H3,(H,20,23)/t14-/m1/s1. The van der Waals surface area contributed by atoms with Gasteiger partial charge in [-0.1, -0.05) is 30.3 Å². The van der Waals surface area contributed by atoms with E-state index in [4.69, 9.17) is 4.74 Å². The van der Waals surface area contributed by atoms with Gasteiger partial charge >= 0.3 is 5.69 Å². The molecule has 0 aliphatic carbocycles. The number of aryl methyl sites for hydroxylation is 1. The second-order valence-electron chi connectivity index (χ2n) is 6.27. The molecule has 6 nitrogen and oxygen atoms in total. The molecule has 0 bridgehead atoms. The first-order valence-corrected chi connectivity index (χ1v) is 8.29. The molecule has 0 fully saturated rings. The third-order valence-corrected chi connectivity index (χ3v) is 4.59. The Morgan fingerprint density at radius 3 is 2.68 bits per heavy atom. The van der Waals surface area contributed by atoms with Crippen LogP contribution in [0.1, 0.15) is 5.56 Å². The lowest BCUT2D eigenvalue weighted by molar-refractivity contribution is -0.122. The van der Waals surface area contributed by atoms with Crippen molar-refractivity contribution in [3.8, 4) is 5.75 Å². The molecule has 1 amide bonds. The molecule has 128 valence electrons. The van der Waals surface area contributed by atoms with Crippen molar-refractivity contribution in [2.45, 2.75) is 19.1 Å². The van der Waals surface area contributed by atoms with Gasteiger partial charge in [-0.25, -0.2) is 4.79 Å². The lowest BCUT2D eigenvalue weighted by Crippen LogP contribution is -2.38. The van der Waals surface area contributed by atoms with Crippen LogP contribution in [0.5, 0.6) is 5.75 Å². The molecule has 4 rings (SSSR count). The quantitative estimate of drug-likeness (QED) is 0.784. The summed E-state index contributed by atoms with van der Waals surface area (Å²) in [6.45, 7) is 0.423. The van der Waals surface area contributed by atoms with E-state index in [1.165, 1.54) is 4.57 Å². The zero-order chi connectivity index (χ0) is 17.4. The van der Waals surface area contributed by atoms with Crippen molar-refractivity contribution in [3.63, 3.8) is 0 Å². The van der Waals surface area contributed by atoms with Gasteiger partial charge in [-0.3, -0.25) is 13.9 Å². The number of fused-ring (bicyclic) bond motifs is 2. The number of nitrogens with one attached hydrogen (secondary N) is 1. The molecule has 0 radical (unpaired) electrons. The van der Waals surface area contributed by atoms with Crippen LogP contribution in [0.15, 0.2) is 53.3 Å². The number of benzene rings is 2. The lowest BCUT2D eigenvalue weighted by atomic mass is 10.1. The van der Waals surface area contributed by atoms with E-state index in [2.05, 4.69) is 5.32 Å². The SMILES string of the molecule is Cn1c(=O)n(CC(=O)NC[C@H]2Cc3ccccc3O2)c2ccccc21. The molecular weight excluding hydrogens is 318 g/mol. The minimum Gasteiger partial charge on any atom is -0.488 e. The fourth-order valence-corrected chi connectivity index (χ4v) is 3.31. The van der Waals surface area contributed by atoms with Crippen LogP contribution < -0.4 is 15.7 Å². The van der Waals surface area contributed by atoms with E-state index in [0.717, 1.165) is 28.8 Å². The summed E-state index contributed by atoms with van der Waals surface area (Å²) < 4.78 is 8.87. The van der Waals surface area contributed by atoms with Gasteiger partial charge in [0, 0.05) is 13.5 Å². The summed E-state index contributed by atoms with van der Waals surface area (Å²) >= 11 is 0. The maximum absolute atomic E-state index is 12.4. The molecule has 6 heteroatoms. The molecule has 1 atom stereocenters. The number of rotatable bonds is 4. The number of aromatic nitrogens is 2. The normalized spacial score (nSPS) is 15.8. The van der Waals surface area contributed by atoms with E-state index in [-0.39, 0.29) is 24.2 Å². The van der Waals surface area contributed by atoms with E-state index >= 15 is 0 Å². The third kappa shape index (κ3) is 2.80. The van der Waals surface area contributed by atoms with Crippen LogP contribution in [0.3, 0.4) is 0 Å². The van der Waals surface area contributed by atoms with Crippen LogP contribution in [0.25, 0.3) is 11.0 Å². The number of nitrogens with zero attached hydrogens (tertiary/aromatic N) is 2. The van der Waals surface area contributed by atoms with Crippen LogP contribution in [0.2, 0.25) is 0 Å². The highest BCUT2D eigenvalue weighted by molar-refractivity contribution is 5.80. The minimum absolute atomic E-state index is 0.000144. The first kappa shape index (κ1) is 15.5. The zero-order valence-electron chi connectivity index (χ0n) is 13.9. The number of amides is 1. The largest absolute Gasteiger partial charge is 0.488 e. The van der Waals surface area contributed by atoms with E-state index < -0.39 is 0 Å². The van der Waals surface area contributed by atoms with Crippen molar-refractivity contribution in [2.24, 2.45) is 7.05 Å². The fraction of sp³-hybridized carbons (Fsp3) is 0.263. The highest BCUT2D eigenvalue weighted by Crippen LogP contribution is 2.27. The number of carbonyl (C=O) groups is 1. The van der Waals surface area contributed by atoms with Crippen molar-refractivity contribution in [2.75, 3.05) is 6.54 Å². The number of para-hydroxylation sites is 3. The minimum atomic E-state index is -0.196. The number of imidazole rings is 1. The second kappa shape index (κ2) is 6.12. The Morgan fingerprint density at radius 2 is 1.88 bits per heavy atom. The monoisotopic (exact) mass is 337 g/mol. The predicted octanol–water partition coefficient (Wildman–Crippen LogP) is 1.46. The summed E-state index contributed by atoms with van der Waals surface area (Å²) in [7, 11) is 1.71. The molecule has 2 aromatic carbocycles. The van der Waals surface area contributed by atoms with Crippen LogP contribution in [-0.2, 0) is 24.8 Å². The molecule has 3 aromatic rings. The maximum Gasteiger partial charge on any atom is 0.329 e. The predicted molar refractivity (Wildman–Crippen MR) is 94.8 cm³/mol. The smallest absolute Gasteiger partial charge is 0.329 e. The van der Waals surface area contributed by atoms with Crippen LogP contribution in [0.4, 0.5) is 0 Å². The van der Waals surface area contributed by atoms with Gasteiger partial charge < -0.3 is 10.1 Å². The van der Waals surface area contributed by atoms with Gasteiger partial charge in [0.15, 0.2) is 0 Å². The van der Waals surface area contributed by atoms with Gasteiger partial charge in [-0.2, -0.15) is 0 Å². The molecule has 0 unspecified atom stereocenters. The number of hydrogen-bond acceptors (Lipinski definition) is 3. The summed E-state index contributed by atoms with van der Waals surface area (Å²) in [6.07, 6.45) is 0.718. The summed E-state index contributed by atoms with van der Waals surface area (Å²) in [4.78, 5) is 24.7. The fourth-order valence-electron chi connectivity index (χ4n) is 3.31. The maximum atomic E-state index is 12.4.